The van der Waals surface area contributed by atoms with Crippen LogP contribution in [0.2, 0.25) is 0 Å². The Morgan fingerprint density at radius 1 is 1.07 bits per heavy atom. The minimum atomic E-state index is -0.833. The second-order valence-corrected chi connectivity index (χ2v) is 6.22. The van der Waals surface area contributed by atoms with Gasteiger partial charge in [0.05, 0.1) is 0 Å². The molecule has 0 unspecified atom stereocenters. The largest absolute Gasteiger partial charge is 0.507 e. The fourth-order valence-corrected chi connectivity index (χ4v) is 2.77. The Kier molecular flexibility index (Phi) is 4.49. The Balaban J connectivity index is 1.54. The number of benzene rings is 3. The molecule has 0 spiro atoms. The van der Waals surface area contributed by atoms with E-state index >= 15 is 0 Å². The van der Waals surface area contributed by atoms with E-state index < -0.39 is 12.1 Å². The summed E-state index contributed by atoms with van der Waals surface area (Å²) in [7, 11) is 0. The quantitative estimate of drug-likeness (QED) is 0.520. The summed E-state index contributed by atoms with van der Waals surface area (Å²) in [6.07, 6.45) is -0.833. The molecule has 0 saturated heterocycles. The first-order chi connectivity index (χ1) is 13.5. The van der Waals surface area contributed by atoms with Gasteiger partial charge in [-0.25, -0.2) is 9.18 Å². The maximum absolute atomic E-state index is 13.0. The van der Waals surface area contributed by atoms with Crippen molar-refractivity contribution in [2.45, 2.75) is 13.0 Å². The summed E-state index contributed by atoms with van der Waals surface area (Å²) in [6, 6.07) is 16.0. The van der Waals surface area contributed by atoms with Gasteiger partial charge in [0.15, 0.2) is 6.10 Å². The third kappa shape index (κ3) is 3.42. The van der Waals surface area contributed by atoms with Crippen molar-refractivity contribution in [3.8, 4) is 17.2 Å². The van der Waals surface area contributed by atoms with Crippen LogP contribution in [-0.4, -0.2) is 21.3 Å². The molecule has 140 valence electrons. The van der Waals surface area contributed by atoms with Crippen LogP contribution < -0.4 is 0 Å². The van der Waals surface area contributed by atoms with Gasteiger partial charge in [-0.3, -0.25) is 0 Å². The zero-order valence-corrected chi connectivity index (χ0v) is 14.8. The molecule has 6 nitrogen and oxygen atoms in total. The molecule has 1 heterocycles. The number of aromatic nitrogens is 2. The van der Waals surface area contributed by atoms with Gasteiger partial charge in [-0.1, -0.05) is 24.3 Å². The fourth-order valence-electron chi connectivity index (χ4n) is 2.77. The van der Waals surface area contributed by atoms with Gasteiger partial charge >= 0.3 is 5.97 Å². The molecule has 0 radical (unpaired) electrons. The second-order valence-electron chi connectivity index (χ2n) is 6.22. The monoisotopic (exact) mass is 378 g/mol. The number of rotatable bonds is 4. The summed E-state index contributed by atoms with van der Waals surface area (Å²) in [5, 5.41) is 19.5. The molecule has 4 rings (SSSR count). The maximum Gasteiger partial charge on any atom is 0.342 e. The highest BCUT2D eigenvalue weighted by atomic mass is 19.1. The average Bonchev–Trinajstić information content (AvgIpc) is 3.18. The van der Waals surface area contributed by atoms with Crippen molar-refractivity contribution in [2.75, 3.05) is 0 Å². The van der Waals surface area contributed by atoms with Crippen LogP contribution in [0.5, 0.6) is 5.75 Å². The van der Waals surface area contributed by atoms with Gasteiger partial charge in [-0.15, -0.1) is 10.2 Å². The van der Waals surface area contributed by atoms with E-state index in [1.165, 1.54) is 30.3 Å². The van der Waals surface area contributed by atoms with E-state index in [1.54, 1.807) is 13.0 Å². The SMILES string of the molecule is C[C@@H](OC(=O)c1cc2ccccc2cc1O)c1nnc(-c2ccc(F)cc2)o1. The smallest absolute Gasteiger partial charge is 0.342 e. The maximum atomic E-state index is 13.0. The van der Waals surface area contributed by atoms with Crippen LogP contribution in [0.3, 0.4) is 0 Å². The number of carbonyl (C=O) groups excluding carboxylic acids is 1. The molecule has 28 heavy (non-hydrogen) atoms. The van der Waals surface area contributed by atoms with Crippen LogP contribution in [0, 0.1) is 5.82 Å². The van der Waals surface area contributed by atoms with E-state index in [9.17, 15) is 14.3 Å². The van der Waals surface area contributed by atoms with Crippen LogP contribution in [0.4, 0.5) is 4.39 Å². The molecule has 3 aromatic carbocycles. The molecular formula is C21H15FN2O4. The number of phenols is 1. The number of aromatic hydroxyl groups is 1. The van der Waals surface area contributed by atoms with E-state index in [2.05, 4.69) is 10.2 Å². The molecule has 1 atom stereocenters. The van der Waals surface area contributed by atoms with E-state index in [0.29, 0.717) is 5.56 Å². The number of carbonyl (C=O) groups is 1. The molecule has 0 fully saturated rings. The minimum Gasteiger partial charge on any atom is -0.507 e. The molecule has 1 N–H and O–H groups in total. The van der Waals surface area contributed by atoms with E-state index in [1.807, 2.05) is 24.3 Å². The predicted molar refractivity (Wildman–Crippen MR) is 99.1 cm³/mol. The van der Waals surface area contributed by atoms with Crippen molar-refractivity contribution in [1.29, 1.82) is 0 Å². The molecule has 0 saturated carbocycles. The highest BCUT2D eigenvalue weighted by Crippen LogP contribution is 2.28. The van der Waals surface area contributed by atoms with Crippen LogP contribution >= 0.6 is 0 Å². The Morgan fingerprint density at radius 2 is 1.75 bits per heavy atom. The van der Waals surface area contributed by atoms with E-state index in [-0.39, 0.29) is 28.9 Å². The van der Waals surface area contributed by atoms with Gasteiger partial charge < -0.3 is 14.3 Å². The van der Waals surface area contributed by atoms with E-state index in [4.69, 9.17) is 9.15 Å². The van der Waals surface area contributed by atoms with Crippen molar-refractivity contribution in [1.82, 2.24) is 10.2 Å². The van der Waals surface area contributed by atoms with Gasteiger partial charge in [0.25, 0.3) is 5.89 Å². The normalized spacial score (nSPS) is 12.1. The Hall–Kier alpha value is -3.74. The summed E-state index contributed by atoms with van der Waals surface area (Å²) in [6.45, 7) is 1.58. The van der Waals surface area contributed by atoms with Crippen molar-refractivity contribution in [3.05, 3.63) is 77.9 Å². The number of ether oxygens (including phenoxy) is 1. The molecule has 0 aliphatic carbocycles. The molecular weight excluding hydrogens is 363 g/mol. The average molecular weight is 378 g/mol. The number of hydrogen-bond donors (Lipinski definition) is 1. The predicted octanol–water partition coefficient (Wildman–Crippen LogP) is 4.65. The molecule has 1 aromatic heterocycles. The van der Waals surface area contributed by atoms with Crippen LogP contribution in [-0.2, 0) is 4.74 Å². The zero-order valence-electron chi connectivity index (χ0n) is 14.8. The molecule has 0 aliphatic heterocycles. The lowest BCUT2D eigenvalue weighted by molar-refractivity contribution is 0.0277. The second kappa shape index (κ2) is 7.11. The zero-order chi connectivity index (χ0) is 19.7. The summed E-state index contributed by atoms with van der Waals surface area (Å²) in [5.74, 6) is -0.980. The van der Waals surface area contributed by atoms with Gasteiger partial charge in [0.1, 0.15) is 17.1 Å². The van der Waals surface area contributed by atoms with Crippen LogP contribution in [0.1, 0.15) is 29.3 Å². The highest BCUT2D eigenvalue weighted by Gasteiger charge is 2.22. The number of phenolic OH excluding ortho intramolecular Hbond substituents is 1. The van der Waals surface area contributed by atoms with Crippen molar-refractivity contribution < 1.29 is 23.4 Å². The molecule has 0 bridgehead atoms. The number of nitrogens with zero attached hydrogens (tertiary/aromatic N) is 2. The Morgan fingerprint density at radius 3 is 2.46 bits per heavy atom. The number of fused-ring (bicyclic) bond motifs is 1. The van der Waals surface area contributed by atoms with Gasteiger partial charge in [-0.2, -0.15) is 0 Å². The summed E-state index contributed by atoms with van der Waals surface area (Å²) >= 11 is 0. The van der Waals surface area contributed by atoms with Gasteiger partial charge in [0.2, 0.25) is 5.89 Å². The van der Waals surface area contributed by atoms with Crippen LogP contribution in [0.15, 0.2) is 65.1 Å². The summed E-state index contributed by atoms with van der Waals surface area (Å²) < 4.78 is 23.9. The first-order valence-electron chi connectivity index (χ1n) is 8.53. The fraction of sp³-hybridized carbons (Fsp3) is 0.0952. The van der Waals surface area contributed by atoms with Gasteiger partial charge in [0, 0.05) is 5.56 Å². The summed E-state index contributed by atoms with van der Waals surface area (Å²) in [5.41, 5.74) is 0.592. The minimum absolute atomic E-state index is 0.0452. The standard InChI is InChI=1S/C21H15FN2O4/c1-12(19-23-24-20(28-19)13-6-8-16(22)9-7-13)27-21(26)17-10-14-4-2-3-5-15(14)11-18(17)25/h2-12,25H,1H3/t12-/m1/s1. The summed E-state index contributed by atoms with van der Waals surface area (Å²) in [4.78, 5) is 12.5. The topological polar surface area (TPSA) is 85.5 Å². The Labute approximate surface area is 159 Å². The van der Waals surface area contributed by atoms with Gasteiger partial charge in [-0.05, 0) is 54.1 Å². The third-order valence-corrected chi connectivity index (χ3v) is 4.25. The van der Waals surface area contributed by atoms with Crippen molar-refractivity contribution in [3.63, 3.8) is 0 Å². The first kappa shape index (κ1) is 17.7. The van der Waals surface area contributed by atoms with E-state index in [0.717, 1.165) is 10.8 Å². The molecule has 4 aromatic rings. The van der Waals surface area contributed by atoms with Crippen LogP contribution in [0.25, 0.3) is 22.2 Å². The molecule has 0 amide bonds. The number of halogens is 1. The number of esters is 1. The first-order valence-corrected chi connectivity index (χ1v) is 8.53. The lowest BCUT2D eigenvalue weighted by atomic mass is 10.1. The highest BCUT2D eigenvalue weighted by molar-refractivity contribution is 5.98. The van der Waals surface area contributed by atoms with Crippen molar-refractivity contribution >= 4 is 16.7 Å². The Bertz CT molecular complexity index is 1150. The van der Waals surface area contributed by atoms with Crippen molar-refractivity contribution in [2.24, 2.45) is 0 Å². The lowest BCUT2D eigenvalue weighted by Gasteiger charge is -2.11. The lowest BCUT2D eigenvalue weighted by Crippen LogP contribution is -2.10. The third-order valence-electron chi connectivity index (χ3n) is 4.25. The molecule has 7 heteroatoms. The number of hydrogen-bond acceptors (Lipinski definition) is 6. The molecule has 0 aliphatic rings.